The van der Waals surface area contributed by atoms with Crippen LogP contribution < -0.4 is 9.47 Å². The molecule has 0 bridgehead atoms. The quantitative estimate of drug-likeness (QED) is 0.405. The van der Waals surface area contributed by atoms with Crippen molar-refractivity contribution in [3.8, 4) is 11.5 Å². The molecule has 0 aliphatic carbocycles. The van der Waals surface area contributed by atoms with Gasteiger partial charge in [-0.1, -0.05) is 72.8 Å². The fraction of sp³-hybridized carbons (Fsp3) is 0.154. The van der Waals surface area contributed by atoms with Gasteiger partial charge in [0.25, 0.3) is 0 Å². The van der Waals surface area contributed by atoms with Crippen molar-refractivity contribution in [3.05, 3.63) is 95.1 Å². The summed E-state index contributed by atoms with van der Waals surface area (Å²) < 4.78 is 10.9. The van der Waals surface area contributed by atoms with E-state index in [4.69, 9.17) is 9.47 Å². The Morgan fingerprint density at radius 1 is 0.464 bits per heavy atom. The third-order valence-corrected chi connectivity index (χ3v) is 4.26. The van der Waals surface area contributed by atoms with Crippen LogP contribution >= 0.6 is 0 Å². The Morgan fingerprint density at radius 2 is 0.714 bits per heavy atom. The van der Waals surface area contributed by atoms with Gasteiger partial charge in [0.2, 0.25) is 0 Å². The van der Waals surface area contributed by atoms with Gasteiger partial charge in [0.05, 0.1) is 13.2 Å². The summed E-state index contributed by atoms with van der Waals surface area (Å²) in [4.78, 5) is 0. The zero-order valence-corrected chi connectivity index (χ0v) is 16.5. The molecule has 0 radical (unpaired) electrons. The SMILES string of the molecule is CCOc1ccc(/C=C/c2ccc(/C=C/c3ccc(OCC)cc3)cc2)cc1. The average Bonchev–Trinajstić information content (AvgIpc) is 2.74. The minimum atomic E-state index is 0.689. The van der Waals surface area contributed by atoms with Crippen molar-refractivity contribution < 1.29 is 9.47 Å². The second-order valence-electron chi connectivity index (χ2n) is 6.34. The van der Waals surface area contributed by atoms with E-state index in [1.54, 1.807) is 0 Å². The summed E-state index contributed by atoms with van der Waals surface area (Å²) in [5.74, 6) is 1.81. The maximum absolute atomic E-state index is 5.47. The van der Waals surface area contributed by atoms with Crippen LogP contribution in [-0.2, 0) is 0 Å². The lowest BCUT2D eigenvalue weighted by Crippen LogP contribution is -1.90. The van der Waals surface area contributed by atoms with E-state index in [2.05, 4.69) is 72.8 Å². The number of ether oxygens (including phenoxy) is 2. The predicted molar refractivity (Wildman–Crippen MR) is 120 cm³/mol. The highest BCUT2D eigenvalue weighted by Crippen LogP contribution is 2.17. The summed E-state index contributed by atoms with van der Waals surface area (Å²) in [6, 6.07) is 24.8. The summed E-state index contributed by atoms with van der Waals surface area (Å²) in [5.41, 5.74) is 4.66. The maximum Gasteiger partial charge on any atom is 0.119 e. The van der Waals surface area contributed by atoms with E-state index in [1.165, 1.54) is 11.1 Å². The summed E-state index contributed by atoms with van der Waals surface area (Å²) in [7, 11) is 0. The van der Waals surface area contributed by atoms with Crippen LogP contribution in [0.4, 0.5) is 0 Å². The summed E-state index contributed by atoms with van der Waals surface area (Å²) in [6.45, 7) is 5.36. The smallest absolute Gasteiger partial charge is 0.119 e. The number of hydrogen-bond acceptors (Lipinski definition) is 2. The fourth-order valence-corrected chi connectivity index (χ4v) is 2.79. The van der Waals surface area contributed by atoms with Crippen molar-refractivity contribution >= 4 is 24.3 Å². The lowest BCUT2D eigenvalue weighted by molar-refractivity contribution is 0.340. The Labute approximate surface area is 167 Å². The van der Waals surface area contributed by atoms with E-state index in [-0.39, 0.29) is 0 Å². The molecule has 0 unspecified atom stereocenters. The van der Waals surface area contributed by atoms with Crippen LogP contribution in [-0.4, -0.2) is 13.2 Å². The van der Waals surface area contributed by atoms with Crippen LogP contribution in [0.2, 0.25) is 0 Å². The van der Waals surface area contributed by atoms with Gasteiger partial charge >= 0.3 is 0 Å². The van der Waals surface area contributed by atoms with E-state index in [0.717, 1.165) is 22.6 Å². The zero-order chi connectivity index (χ0) is 19.6. The number of rotatable bonds is 8. The first-order valence-electron chi connectivity index (χ1n) is 9.69. The second kappa shape index (κ2) is 10.2. The van der Waals surface area contributed by atoms with Gasteiger partial charge < -0.3 is 9.47 Å². The Morgan fingerprint density at radius 3 is 0.964 bits per heavy atom. The van der Waals surface area contributed by atoms with Crippen LogP contribution in [0.15, 0.2) is 72.8 Å². The predicted octanol–water partition coefficient (Wildman–Crippen LogP) is 6.82. The van der Waals surface area contributed by atoms with Crippen molar-refractivity contribution in [2.45, 2.75) is 13.8 Å². The first-order valence-corrected chi connectivity index (χ1v) is 9.69. The molecule has 0 saturated heterocycles. The molecule has 142 valence electrons. The molecule has 0 heterocycles. The van der Waals surface area contributed by atoms with Gasteiger partial charge in [0.1, 0.15) is 11.5 Å². The molecule has 2 nitrogen and oxygen atoms in total. The minimum Gasteiger partial charge on any atom is -0.494 e. The van der Waals surface area contributed by atoms with Crippen molar-refractivity contribution in [2.75, 3.05) is 13.2 Å². The normalized spacial score (nSPS) is 11.2. The van der Waals surface area contributed by atoms with Crippen molar-refractivity contribution in [1.29, 1.82) is 0 Å². The molecule has 0 fully saturated rings. The second-order valence-corrected chi connectivity index (χ2v) is 6.34. The maximum atomic E-state index is 5.47. The highest BCUT2D eigenvalue weighted by atomic mass is 16.5. The molecule has 0 aromatic heterocycles. The van der Waals surface area contributed by atoms with E-state index < -0.39 is 0 Å². The molecule has 0 spiro atoms. The topological polar surface area (TPSA) is 18.5 Å². The van der Waals surface area contributed by atoms with E-state index in [1.807, 2.05) is 38.1 Å². The summed E-state index contributed by atoms with van der Waals surface area (Å²) in [5, 5.41) is 0. The Balaban J connectivity index is 1.59. The molecular weight excluding hydrogens is 344 g/mol. The van der Waals surface area contributed by atoms with Gasteiger partial charge in [-0.05, 0) is 60.4 Å². The molecule has 0 amide bonds. The number of benzene rings is 3. The average molecular weight is 370 g/mol. The largest absolute Gasteiger partial charge is 0.494 e. The molecule has 3 rings (SSSR count). The van der Waals surface area contributed by atoms with Crippen molar-refractivity contribution in [3.63, 3.8) is 0 Å². The first-order chi connectivity index (χ1) is 13.8. The minimum absolute atomic E-state index is 0.689. The molecule has 0 saturated carbocycles. The molecular formula is C26H26O2. The molecule has 2 heteroatoms. The van der Waals surface area contributed by atoms with Crippen molar-refractivity contribution in [1.82, 2.24) is 0 Å². The summed E-state index contributed by atoms with van der Waals surface area (Å²) >= 11 is 0. The molecule has 0 atom stereocenters. The first kappa shape index (κ1) is 19.5. The van der Waals surface area contributed by atoms with E-state index >= 15 is 0 Å². The van der Waals surface area contributed by atoms with Gasteiger partial charge in [-0.2, -0.15) is 0 Å². The van der Waals surface area contributed by atoms with Gasteiger partial charge in [0.15, 0.2) is 0 Å². The summed E-state index contributed by atoms with van der Waals surface area (Å²) in [6.07, 6.45) is 8.46. The van der Waals surface area contributed by atoms with Crippen LogP contribution in [0.1, 0.15) is 36.1 Å². The third-order valence-electron chi connectivity index (χ3n) is 4.26. The Kier molecular flexibility index (Phi) is 7.08. The molecule has 3 aromatic rings. The lowest BCUT2D eigenvalue weighted by atomic mass is 10.1. The molecule has 0 N–H and O–H groups in total. The van der Waals surface area contributed by atoms with Gasteiger partial charge in [-0.15, -0.1) is 0 Å². The fourth-order valence-electron chi connectivity index (χ4n) is 2.79. The Bertz CT molecular complexity index is 824. The van der Waals surface area contributed by atoms with E-state index in [9.17, 15) is 0 Å². The van der Waals surface area contributed by atoms with Gasteiger partial charge in [-0.25, -0.2) is 0 Å². The molecule has 28 heavy (non-hydrogen) atoms. The third kappa shape index (κ3) is 5.88. The van der Waals surface area contributed by atoms with Crippen molar-refractivity contribution in [2.24, 2.45) is 0 Å². The monoisotopic (exact) mass is 370 g/mol. The number of hydrogen-bond donors (Lipinski definition) is 0. The highest BCUT2D eigenvalue weighted by Gasteiger charge is 1.94. The van der Waals surface area contributed by atoms with Gasteiger partial charge in [0, 0.05) is 0 Å². The molecule has 3 aromatic carbocycles. The van der Waals surface area contributed by atoms with E-state index in [0.29, 0.717) is 13.2 Å². The molecule has 0 aliphatic rings. The van der Waals surface area contributed by atoms with Crippen LogP contribution in [0.3, 0.4) is 0 Å². The Hall–Kier alpha value is -3.26. The van der Waals surface area contributed by atoms with Crippen LogP contribution in [0.5, 0.6) is 11.5 Å². The standard InChI is InChI=1S/C26H26O2/c1-3-27-25-17-13-23(14-18-25)11-9-21-5-7-22(8-6-21)10-12-24-15-19-26(20-16-24)28-4-2/h5-20H,3-4H2,1-2H3/b11-9+,12-10+. The van der Waals surface area contributed by atoms with Gasteiger partial charge in [-0.3, -0.25) is 0 Å². The van der Waals surface area contributed by atoms with Crippen LogP contribution in [0.25, 0.3) is 24.3 Å². The highest BCUT2D eigenvalue weighted by molar-refractivity contribution is 5.73. The lowest BCUT2D eigenvalue weighted by Gasteiger charge is -2.02. The zero-order valence-electron chi connectivity index (χ0n) is 16.5. The molecule has 0 aliphatic heterocycles. The van der Waals surface area contributed by atoms with Crippen LogP contribution in [0, 0.1) is 0 Å².